The van der Waals surface area contributed by atoms with Gasteiger partial charge in [0, 0.05) is 31.5 Å². The lowest BCUT2D eigenvalue weighted by Gasteiger charge is -2.13. The van der Waals surface area contributed by atoms with Gasteiger partial charge in [0.15, 0.2) is 11.6 Å². The van der Waals surface area contributed by atoms with Crippen molar-refractivity contribution in [2.45, 2.75) is 13.0 Å². The Hall–Kier alpha value is -3.23. The van der Waals surface area contributed by atoms with Crippen LogP contribution in [0.15, 0.2) is 43.2 Å². The number of nitrogens with one attached hydrogen (secondary N) is 2. The molecule has 0 aliphatic heterocycles. The van der Waals surface area contributed by atoms with Crippen LogP contribution in [0.5, 0.6) is 0 Å². The zero-order valence-corrected chi connectivity index (χ0v) is 13.3. The van der Waals surface area contributed by atoms with Crippen molar-refractivity contribution in [2.24, 2.45) is 0 Å². The summed E-state index contributed by atoms with van der Waals surface area (Å²) in [4.78, 5) is 12.0. The fraction of sp³-hybridized carbons (Fsp3) is 0.188. The van der Waals surface area contributed by atoms with Crippen LogP contribution in [0.3, 0.4) is 0 Å². The predicted octanol–water partition coefficient (Wildman–Crippen LogP) is 2.78. The van der Waals surface area contributed by atoms with Crippen LogP contribution < -0.4 is 16.4 Å². The first-order chi connectivity index (χ1) is 12.1. The summed E-state index contributed by atoms with van der Waals surface area (Å²) in [6.07, 6.45) is 7.48. The van der Waals surface area contributed by atoms with Crippen molar-refractivity contribution in [1.82, 2.24) is 19.5 Å². The number of nitrogens with two attached hydrogens (primary N) is 1. The van der Waals surface area contributed by atoms with Crippen LogP contribution in [0.4, 0.5) is 31.8 Å². The van der Waals surface area contributed by atoms with Gasteiger partial charge in [-0.1, -0.05) is 0 Å². The largest absolute Gasteiger partial charge is 0.393 e. The van der Waals surface area contributed by atoms with E-state index in [1.165, 1.54) is 6.33 Å². The number of hydrogen-bond acceptors (Lipinski definition) is 6. The second-order valence-corrected chi connectivity index (χ2v) is 5.31. The molecular formula is C16H17F2N7. The standard InChI is InChI=1S/C16H17F2N7/c17-11-2-3-12(18)13(8-11)24-16-14(19)15(22-9-23-16)21-4-1-6-25-7-5-20-10-25/h2-3,5,7-10H,1,4,6,19H2,(H2,21,22,23,24). The average molecular weight is 345 g/mol. The van der Waals surface area contributed by atoms with Crippen molar-refractivity contribution in [3.63, 3.8) is 0 Å². The minimum absolute atomic E-state index is 0.0449. The molecule has 0 saturated carbocycles. The van der Waals surface area contributed by atoms with Crippen LogP contribution in [0, 0.1) is 11.6 Å². The number of nitrogens with zero attached hydrogens (tertiary/aromatic N) is 4. The van der Waals surface area contributed by atoms with Gasteiger partial charge in [-0.3, -0.25) is 0 Å². The number of aryl methyl sites for hydroxylation is 1. The Labute approximate surface area is 142 Å². The first kappa shape index (κ1) is 16.6. The molecule has 4 N–H and O–H groups in total. The van der Waals surface area contributed by atoms with Crippen molar-refractivity contribution in [3.05, 3.63) is 54.9 Å². The van der Waals surface area contributed by atoms with Gasteiger partial charge in [-0.25, -0.2) is 23.7 Å². The molecule has 0 atom stereocenters. The monoisotopic (exact) mass is 345 g/mol. The van der Waals surface area contributed by atoms with Crippen molar-refractivity contribution in [3.8, 4) is 0 Å². The van der Waals surface area contributed by atoms with E-state index in [0.29, 0.717) is 12.4 Å². The van der Waals surface area contributed by atoms with Crippen molar-refractivity contribution >= 4 is 23.0 Å². The van der Waals surface area contributed by atoms with E-state index < -0.39 is 11.6 Å². The summed E-state index contributed by atoms with van der Waals surface area (Å²) >= 11 is 0. The van der Waals surface area contributed by atoms with Gasteiger partial charge >= 0.3 is 0 Å². The van der Waals surface area contributed by atoms with Gasteiger partial charge in [-0.15, -0.1) is 0 Å². The maximum absolute atomic E-state index is 13.7. The number of halogens is 2. The van der Waals surface area contributed by atoms with E-state index in [4.69, 9.17) is 5.73 Å². The molecule has 9 heteroatoms. The maximum Gasteiger partial charge on any atom is 0.159 e. The summed E-state index contributed by atoms with van der Waals surface area (Å²) in [7, 11) is 0. The molecule has 0 unspecified atom stereocenters. The molecule has 2 heterocycles. The quantitative estimate of drug-likeness (QED) is 0.570. The molecule has 0 spiro atoms. The van der Waals surface area contributed by atoms with Crippen LogP contribution >= 0.6 is 0 Å². The van der Waals surface area contributed by atoms with E-state index in [1.807, 2.05) is 10.8 Å². The van der Waals surface area contributed by atoms with E-state index in [2.05, 4.69) is 25.6 Å². The van der Waals surface area contributed by atoms with Crippen molar-refractivity contribution in [2.75, 3.05) is 22.9 Å². The molecule has 3 aromatic rings. The number of nitrogen functional groups attached to an aromatic ring is 1. The van der Waals surface area contributed by atoms with Gasteiger partial charge in [-0.05, 0) is 18.6 Å². The van der Waals surface area contributed by atoms with Gasteiger partial charge in [0.2, 0.25) is 0 Å². The molecule has 0 aliphatic carbocycles. The summed E-state index contributed by atoms with van der Waals surface area (Å²) in [5.74, 6) is -0.528. The highest BCUT2D eigenvalue weighted by Gasteiger charge is 2.11. The molecule has 25 heavy (non-hydrogen) atoms. The van der Waals surface area contributed by atoms with Crippen LogP contribution in [0.25, 0.3) is 0 Å². The number of hydrogen-bond donors (Lipinski definition) is 3. The third-order valence-electron chi connectivity index (χ3n) is 3.51. The Morgan fingerprint density at radius 1 is 1.16 bits per heavy atom. The van der Waals surface area contributed by atoms with E-state index in [0.717, 1.165) is 31.2 Å². The van der Waals surface area contributed by atoms with Crippen LogP contribution in [0.1, 0.15) is 6.42 Å². The van der Waals surface area contributed by atoms with E-state index >= 15 is 0 Å². The second kappa shape index (κ2) is 7.56. The van der Waals surface area contributed by atoms with Gasteiger partial charge in [0.1, 0.15) is 23.6 Å². The first-order valence-electron chi connectivity index (χ1n) is 7.65. The maximum atomic E-state index is 13.7. The molecule has 3 rings (SSSR count). The van der Waals surface area contributed by atoms with Crippen LogP contribution in [0.2, 0.25) is 0 Å². The summed E-state index contributed by atoms with van der Waals surface area (Å²) in [6.45, 7) is 1.44. The number of aromatic nitrogens is 4. The Morgan fingerprint density at radius 2 is 2.00 bits per heavy atom. The second-order valence-electron chi connectivity index (χ2n) is 5.31. The molecular weight excluding hydrogens is 328 g/mol. The topological polar surface area (TPSA) is 93.7 Å². The minimum atomic E-state index is -0.603. The predicted molar refractivity (Wildman–Crippen MR) is 91.4 cm³/mol. The highest BCUT2D eigenvalue weighted by molar-refractivity contribution is 5.77. The Morgan fingerprint density at radius 3 is 2.80 bits per heavy atom. The highest BCUT2D eigenvalue weighted by atomic mass is 19.1. The lowest BCUT2D eigenvalue weighted by molar-refractivity contribution is 0.603. The summed E-state index contributed by atoms with van der Waals surface area (Å²) in [5.41, 5.74) is 6.20. The molecule has 1 aromatic carbocycles. The Bertz CT molecular complexity index is 837. The van der Waals surface area contributed by atoms with Crippen LogP contribution in [-0.2, 0) is 6.54 Å². The molecule has 0 fully saturated rings. The van der Waals surface area contributed by atoms with Crippen molar-refractivity contribution in [1.29, 1.82) is 0 Å². The fourth-order valence-electron chi connectivity index (χ4n) is 2.24. The highest BCUT2D eigenvalue weighted by Crippen LogP contribution is 2.27. The summed E-state index contributed by atoms with van der Waals surface area (Å²) < 4.78 is 29.0. The van der Waals surface area contributed by atoms with Gasteiger partial charge < -0.3 is 20.9 Å². The van der Waals surface area contributed by atoms with E-state index in [1.54, 1.807) is 12.5 Å². The molecule has 7 nitrogen and oxygen atoms in total. The Kier molecular flexibility index (Phi) is 5.03. The zero-order valence-electron chi connectivity index (χ0n) is 13.3. The third kappa shape index (κ3) is 4.19. The smallest absolute Gasteiger partial charge is 0.159 e. The molecule has 0 amide bonds. The number of imidazole rings is 1. The summed E-state index contributed by atoms with van der Waals surface area (Å²) in [6, 6.07) is 3.11. The number of rotatable bonds is 7. The molecule has 0 aliphatic rings. The number of anilines is 4. The van der Waals surface area contributed by atoms with E-state index in [-0.39, 0.29) is 17.2 Å². The van der Waals surface area contributed by atoms with Crippen LogP contribution in [-0.4, -0.2) is 26.1 Å². The first-order valence-corrected chi connectivity index (χ1v) is 7.65. The molecule has 130 valence electrons. The fourth-order valence-corrected chi connectivity index (χ4v) is 2.24. The summed E-state index contributed by atoms with van der Waals surface area (Å²) in [5, 5.41) is 5.80. The zero-order chi connectivity index (χ0) is 17.6. The third-order valence-corrected chi connectivity index (χ3v) is 3.51. The number of benzene rings is 1. The molecule has 2 aromatic heterocycles. The lowest BCUT2D eigenvalue weighted by Crippen LogP contribution is -2.11. The Balaban J connectivity index is 1.64. The van der Waals surface area contributed by atoms with Gasteiger partial charge in [-0.2, -0.15) is 0 Å². The molecule has 0 saturated heterocycles. The van der Waals surface area contributed by atoms with Gasteiger partial charge in [0.05, 0.1) is 12.0 Å². The lowest BCUT2D eigenvalue weighted by atomic mass is 10.3. The van der Waals surface area contributed by atoms with E-state index in [9.17, 15) is 8.78 Å². The normalized spacial score (nSPS) is 10.6. The molecule has 0 bridgehead atoms. The minimum Gasteiger partial charge on any atom is -0.393 e. The van der Waals surface area contributed by atoms with Gasteiger partial charge in [0.25, 0.3) is 0 Å². The van der Waals surface area contributed by atoms with Crippen molar-refractivity contribution < 1.29 is 8.78 Å². The molecule has 0 radical (unpaired) electrons. The SMILES string of the molecule is Nc1c(NCCCn2ccnc2)ncnc1Nc1cc(F)ccc1F. The average Bonchev–Trinajstić information content (AvgIpc) is 3.11.